The molecule has 1 aromatic carbocycles. The number of nitrogens with zero attached hydrogens (tertiary/aromatic N) is 3. The largest absolute Gasteiger partial charge is 0.480 e. The van der Waals surface area contributed by atoms with Gasteiger partial charge in [-0.15, -0.1) is 0 Å². The van der Waals surface area contributed by atoms with E-state index < -0.39 is 5.97 Å². The summed E-state index contributed by atoms with van der Waals surface area (Å²) in [5, 5.41) is 13.2. The number of rotatable bonds is 6. The first-order valence-corrected chi connectivity index (χ1v) is 8.20. The van der Waals surface area contributed by atoms with E-state index >= 15 is 0 Å². The molecular formula is C18H19N3O5. The van der Waals surface area contributed by atoms with Crippen molar-refractivity contribution in [2.24, 2.45) is 0 Å². The number of esters is 1. The van der Waals surface area contributed by atoms with Gasteiger partial charge >= 0.3 is 11.9 Å². The fourth-order valence-electron chi connectivity index (χ4n) is 2.95. The van der Waals surface area contributed by atoms with Crippen LogP contribution in [0, 0.1) is 13.8 Å². The van der Waals surface area contributed by atoms with E-state index in [1.165, 1.54) is 0 Å². The van der Waals surface area contributed by atoms with Gasteiger partial charge in [0.05, 0.1) is 35.3 Å². The summed E-state index contributed by atoms with van der Waals surface area (Å²) in [4.78, 5) is 27.6. The predicted molar refractivity (Wildman–Crippen MR) is 92.7 cm³/mol. The van der Waals surface area contributed by atoms with Crippen LogP contribution in [0.2, 0.25) is 0 Å². The predicted octanol–water partition coefficient (Wildman–Crippen LogP) is 2.50. The standard InChI is InChI=1S/C18H19N3O5/c1-4-25-16(24)8-12-5-6-14-13(7-12)19-18(21(14)9-15(22)23)17-10(2)20-26-11(17)3/h5-7H,4,8-9H2,1-3H3,(H,22,23). The highest BCUT2D eigenvalue weighted by Gasteiger charge is 2.21. The second-order valence-electron chi connectivity index (χ2n) is 5.92. The molecule has 3 rings (SSSR count). The fourth-order valence-corrected chi connectivity index (χ4v) is 2.95. The van der Waals surface area contributed by atoms with Crippen LogP contribution < -0.4 is 0 Å². The minimum atomic E-state index is -0.979. The monoisotopic (exact) mass is 357 g/mol. The zero-order valence-electron chi connectivity index (χ0n) is 14.8. The van der Waals surface area contributed by atoms with E-state index in [-0.39, 0.29) is 18.9 Å². The third-order valence-electron chi connectivity index (χ3n) is 4.02. The van der Waals surface area contributed by atoms with Crippen molar-refractivity contribution >= 4 is 23.0 Å². The highest BCUT2D eigenvalue weighted by atomic mass is 16.5. The van der Waals surface area contributed by atoms with Crippen LogP contribution >= 0.6 is 0 Å². The molecule has 0 fully saturated rings. The first kappa shape index (κ1) is 17.7. The number of carbonyl (C=O) groups excluding carboxylic acids is 1. The summed E-state index contributed by atoms with van der Waals surface area (Å²) in [6.07, 6.45) is 0.135. The molecule has 0 atom stereocenters. The summed E-state index contributed by atoms with van der Waals surface area (Å²) in [5.41, 5.74) is 3.32. The Morgan fingerprint density at radius 2 is 2.08 bits per heavy atom. The first-order chi connectivity index (χ1) is 12.4. The molecule has 8 nitrogen and oxygen atoms in total. The summed E-state index contributed by atoms with van der Waals surface area (Å²) < 4.78 is 11.8. The summed E-state index contributed by atoms with van der Waals surface area (Å²) in [6, 6.07) is 5.31. The van der Waals surface area contributed by atoms with E-state index in [1.54, 1.807) is 43.5 Å². The number of aryl methyl sites for hydroxylation is 2. The number of hydrogen-bond acceptors (Lipinski definition) is 6. The van der Waals surface area contributed by atoms with Crippen molar-refractivity contribution in [1.29, 1.82) is 0 Å². The number of carboxylic acids is 1. The van der Waals surface area contributed by atoms with Crippen molar-refractivity contribution < 1.29 is 24.0 Å². The summed E-state index contributed by atoms with van der Waals surface area (Å²) in [7, 11) is 0. The molecular weight excluding hydrogens is 338 g/mol. The molecule has 2 aromatic heterocycles. The number of fused-ring (bicyclic) bond motifs is 1. The molecule has 8 heteroatoms. The molecule has 0 unspecified atom stereocenters. The van der Waals surface area contributed by atoms with E-state index in [0.717, 1.165) is 5.56 Å². The van der Waals surface area contributed by atoms with Crippen LogP contribution in [-0.4, -0.2) is 38.4 Å². The van der Waals surface area contributed by atoms with Gasteiger partial charge < -0.3 is 18.9 Å². The molecule has 0 bridgehead atoms. The van der Waals surface area contributed by atoms with Crippen LogP contribution in [0.4, 0.5) is 0 Å². The molecule has 26 heavy (non-hydrogen) atoms. The fraction of sp³-hybridized carbons (Fsp3) is 0.333. The highest BCUT2D eigenvalue weighted by molar-refractivity contribution is 5.85. The lowest BCUT2D eigenvalue weighted by molar-refractivity contribution is -0.142. The van der Waals surface area contributed by atoms with Crippen molar-refractivity contribution in [2.75, 3.05) is 6.61 Å². The van der Waals surface area contributed by atoms with Gasteiger partial charge in [0.15, 0.2) is 0 Å². The Kier molecular flexibility index (Phi) is 4.75. The van der Waals surface area contributed by atoms with Crippen LogP contribution in [0.1, 0.15) is 23.9 Å². The van der Waals surface area contributed by atoms with Gasteiger partial charge in [0.1, 0.15) is 18.1 Å². The SMILES string of the molecule is CCOC(=O)Cc1ccc2c(c1)nc(-c1c(C)noc1C)n2CC(=O)O. The van der Waals surface area contributed by atoms with Crippen molar-refractivity contribution in [3.63, 3.8) is 0 Å². The highest BCUT2D eigenvalue weighted by Crippen LogP contribution is 2.30. The maximum absolute atomic E-state index is 11.7. The second kappa shape index (κ2) is 6.99. The number of hydrogen-bond donors (Lipinski definition) is 1. The molecule has 0 spiro atoms. The molecule has 1 N–H and O–H groups in total. The lowest BCUT2D eigenvalue weighted by Crippen LogP contribution is -2.10. The van der Waals surface area contributed by atoms with Crippen molar-refractivity contribution in [3.05, 3.63) is 35.2 Å². The number of aliphatic carboxylic acids is 1. The number of aromatic nitrogens is 3. The van der Waals surface area contributed by atoms with Gasteiger partial charge in [-0.2, -0.15) is 0 Å². The normalized spacial score (nSPS) is 11.0. The maximum atomic E-state index is 11.7. The summed E-state index contributed by atoms with van der Waals surface area (Å²) >= 11 is 0. The molecule has 0 aliphatic carbocycles. The Hall–Kier alpha value is -3.16. The lowest BCUT2D eigenvalue weighted by Gasteiger charge is -2.06. The van der Waals surface area contributed by atoms with Gasteiger partial charge in [0, 0.05) is 0 Å². The summed E-state index contributed by atoms with van der Waals surface area (Å²) in [5.74, 6) is -0.251. The first-order valence-electron chi connectivity index (χ1n) is 8.20. The molecule has 0 aliphatic heterocycles. The van der Waals surface area contributed by atoms with Crippen LogP contribution in [0.15, 0.2) is 22.7 Å². The Morgan fingerprint density at radius 1 is 1.31 bits per heavy atom. The molecule has 2 heterocycles. The molecule has 0 aliphatic rings. The van der Waals surface area contributed by atoms with Gasteiger partial charge in [-0.05, 0) is 38.5 Å². The minimum Gasteiger partial charge on any atom is -0.480 e. The molecule has 3 aromatic rings. The van der Waals surface area contributed by atoms with Crippen molar-refractivity contribution in [2.45, 2.75) is 33.7 Å². The topological polar surface area (TPSA) is 107 Å². The quantitative estimate of drug-likeness (QED) is 0.675. The number of carbonyl (C=O) groups is 2. The zero-order chi connectivity index (χ0) is 18.8. The average Bonchev–Trinajstić information content (AvgIpc) is 3.07. The Bertz CT molecular complexity index is 967. The maximum Gasteiger partial charge on any atom is 0.323 e. The van der Waals surface area contributed by atoms with Gasteiger partial charge in [0.2, 0.25) is 0 Å². The third-order valence-corrected chi connectivity index (χ3v) is 4.02. The molecule has 136 valence electrons. The second-order valence-corrected chi connectivity index (χ2v) is 5.92. The smallest absolute Gasteiger partial charge is 0.323 e. The number of benzene rings is 1. The molecule has 0 radical (unpaired) electrons. The molecule has 0 saturated heterocycles. The number of ether oxygens (including phenoxy) is 1. The van der Waals surface area contributed by atoms with E-state index in [1.807, 2.05) is 0 Å². The van der Waals surface area contributed by atoms with Gasteiger partial charge in [0.25, 0.3) is 0 Å². The third kappa shape index (κ3) is 3.30. The Labute approximate surface area is 149 Å². The van der Waals surface area contributed by atoms with E-state index in [9.17, 15) is 14.7 Å². The minimum absolute atomic E-state index is 0.135. The summed E-state index contributed by atoms with van der Waals surface area (Å²) in [6.45, 7) is 5.37. The van der Waals surface area contributed by atoms with Gasteiger partial charge in [-0.3, -0.25) is 9.59 Å². The van der Waals surface area contributed by atoms with Crippen molar-refractivity contribution in [1.82, 2.24) is 14.7 Å². The van der Waals surface area contributed by atoms with Crippen LogP contribution in [0.25, 0.3) is 22.4 Å². The Balaban J connectivity index is 2.12. The number of imidazole rings is 1. The van der Waals surface area contributed by atoms with Gasteiger partial charge in [-0.1, -0.05) is 11.2 Å². The molecule has 0 amide bonds. The molecule has 0 saturated carbocycles. The zero-order valence-corrected chi connectivity index (χ0v) is 14.8. The van der Waals surface area contributed by atoms with Crippen LogP contribution in [0.3, 0.4) is 0 Å². The lowest BCUT2D eigenvalue weighted by atomic mass is 10.1. The van der Waals surface area contributed by atoms with E-state index in [2.05, 4.69) is 10.1 Å². The van der Waals surface area contributed by atoms with Crippen LogP contribution in [0.5, 0.6) is 0 Å². The van der Waals surface area contributed by atoms with E-state index in [4.69, 9.17) is 9.26 Å². The van der Waals surface area contributed by atoms with Gasteiger partial charge in [-0.25, -0.2) is 4.98 Å². The Morgan fingerprint density at radius 3 is 2.69 bits per heavy atom. The van der Waals surface area contributed by atoms with E-state index in [0.29, 0.717) is 40.5 Å². The van der Waals surface area contributed by atoms with Crippen molar-refractivity contribution in [3.8, 4) is 11.4 Å². The number of carboxylic acid groups (broad SMARTS) is 1. The average molecular weight is 357 g/mol. The van der Waals surface area contributed by atoms with Crippen LogP contribution in [-0.2, 0) is 27.3 Å².